The number of nitrogens with two attached hydrogens (primary N) is 2. The number of hydrogen-bond acceptors (Lipinski definition) is 2. The Labute approximate surface area is 66.3 Å². The van der Waals surface area contributed by atoms with Gasteiger partial charge in [0.05, 0.1) is 0 Å². The number of primary amides is 1. The van der Waals surface area contributed by atoms with Crippen LogP contribution in [0.25, 0.3) is 0 Å². The van der Waals surface area contributed by atoms with Crippen molar-refractivity contribution in [2.24, 2.45) is 17.4 Å². The molecule has 1 aliphatic rings. The summed E-state index contributed by atoms with van der Waals surface area (Å²) in [5, 5.41) is 2.70. The highest BCUT2D eigenvalue weighted by Crippen LogP contribution is 2.24. The quantitative estimate of drug-likeness (QED) is 0.518. The van der Waals surface area contributed by atoms with E-state index in [-0.39, 0.29) is 6.04 Å². The summed E-state index contributed by atoms with van der Waals surface area (Å²) in [6, 6.07) is -0.215. The maximum atomic E-state index is 10.5. The molecule has 0 radical (unpaired) electrons. The van der Waals surface area contributed by atoms with Crippen molar-refractivity contribution >= 4 is 6.03 Å². The molecule has 1 rings (SSSR count). The average molecular weight is 157 g/mol. The molecule has 0 saturated heterocycles. The molecule has 0 heterocycles. The molecule has 11 heavy (non-hydrogen) atoms. The minimum atomic E-state index is -0.435. The molecule has 1 aliphatic carbocycles. The zero-order valence-corrected chi connectivity index (χ0v) is 6.55. The van der Waals surface area contributed by atoms with E-state index in [2.05, 4.69) is 5.32 Å². The monoisotopic (exact) mass is 157 g/mol. The van der Waals surface area contributed by atoms with Crippen LogP contribution < -0.4 is 16.8 Å². The Balaban J connectivity index is 2.37. The molecule has 2 amide bonds. The summed E-state index contributed by atoms with van der Waals surface area (Å²) in [6.07, 6.45) is 3.28. The van der Waals surface area contributed by atoms with E-state index in [4.69, 9.17) is 11.5 Å². The van der Waals surface area contributed by atoms with Gasteiger partial charge in [-0.15, -0.1) is 0 Å². The van der Waals surface area contributed by atoms with Gasteiger partial charge in [-0.3, -0.25) is 0 Å². The summed E-state index contributed by atoms with van der Waals surface area (Å²) < 4.78 is 0. The maximum Gasteiger partial charge on any atom is 0.312 e. The van der Waals surface area contributed by atoms with Crippen LogP contribution in [-0.4, -0.2) is 18.6 Å². The van der Waals surface area contributed by atoms with Crippen molar-refractivity contribution in [3.63, 3.8) is 0 Å². The molecule has 0 aromatic rings. The van der Waals surface area contributed by atoms with E-state index in [0.717, 1.165) is 19.3 Å². The van der Waals surface area contributed by atoms with E-state index in [1.807, 2.05) is 0 Å². The highest BCUT2D eigenvalue weighted by Gasteiger charge is 2.26. The number of carbonyl (C=O) groups excluding carboxylic acids is 1. The lowest BCUT2D eigenvalue weighted by Gasteiger charge is -2.17. The molecule has 0 bridgehead atoms. The second-order valence-corrected chi connectivity index (χ2v) is 3.04. The smallest absolute Gasteiger partial charge is 0.312 e. The molecule has 0 spiro atoms. The van der Waals surface area contributed by atoms with Gasteiger partial charge in [-0.05, 0) is 25.3 Å². The van der Waals surface area contributed by atoms with Crippen LogP contribution >= 0.6 is 0 Å². The molecular weight excluding hydrogens is 142 g/mol. The van der Waals surface area contributed by atoms with Crippen LogP contribution in [0.15, 0.2) is 0 Å². The number of carbonyl (C=O) groups is 1. The molecule has 1 saturated carbocycles. The van der Waals surface area contributed by atoms with Crippen molar-refractivity contribution in [2.45, 2.75) is 25.3 Å². The molecule has 2 atom stereocenters. The number of urea groups is 1. The van der Waals surface area contributed by atoms with Crippen LogP contribution in [0.1, 0.15) is 19.3 Å². The predicted octanol–water partition coefficient (Wildman–Crippen LogP) is -0.218. The molecule has 0 aliphatic heterocycles. The van der Waals surface area contributed by atoms with Crippen molar-refractivity contribution in [1.82, 2.24) is 5.32 Å². The van der Waals surface area contributed by atoms with Crippen LogP contribution in [0.2, 0.25) is 0 Å². The van der Waals surface area contributed by atoms with Crippen LogP contribution in [0, 0.1) is 5.92 Å². The third-order valence-electron chi connectivity index (χ3n) is 2.29. The summed E-state index contributed by atoms with van der Waals surface area (Å²) in [5.74, 6) is 0.433. The zero-order chi connectivity index (χ0) is 8.27. The van der Waals surface area contributed by atoms with E-state index in [0.29, 0.717) is 12.5 Å². The fourth-order valence-corrected chi connectivity index (χ4v) is 1.69. The fraction of sp³-hybridized carbons (Fsp3) is 0.857. The first-order chi connectivity index (χ1) is 5.24. The van der Waals surface area contributed by atoms with Gasteiger partial charge >= 0.3 is 6.03 Å². The van der Waals surface area contributed by atoms with Crippen LogP contribution in [0.4, 0.5) is 4.79 Å². The van der Waals surface area contributed by atoms with E-state index in [9.17, 15) is 4.79 Å². The number of amides is 2. The molecule has 4 heteroatoms. The maximum absolute atomic E-state index is 10.5. The Morgan fingerprint density at radius 2 is 2.27 bits per heavy atom. The molecule has 0 aromatic heterocycles. The third-order valence-corrected chi connectivity index (χ3v) is 2.29. The van der Waals surface area contributed by atoms with Crippen LogP contribution in [-0.2, 0) is 0 Å². The molecular formula is C7H15N3O. The Kier molecular flexibility index (Phi) is 2.70. The molecule has 0 unspecified atom stereocenters. The lowest BCUT2D eigenvalue weighted by Crippen LogP contribution is -2.42. The van der Waals surface area contributed by atoms with Crippen LogP contribution in [0.3, 0.4) is 0 Å². The Bertz CT molecular complexity index is 149. The minimum absolute atomic E-state index is 0.220. The Morgan fingerprint density at radius 1 is 1.55 bits per heavy atom. The van der Waals surface area contributed by atoms with Gasteiger partial charge in [-0.25, -0.2) is 4.79 Å². The molecule has 64 valence electrons. The topological polar surface area (TPSA) is 81.1 Å². The highest BCUT2D eigenvalue weighted by atomic mass is 16.2. The fourth-order valence-electron chi connectivity index (χ4n) is 1.69. The van der Waals surface area contributed by atoms with E-state index >= 15 is 0 Å². The zero-order valence-electron chi connectivity index (χ0n) is 6.55. The van der Waals surface area contributed by atoms with Crippen molar-refractivity contribution in [1.29, 1.82) is 0 Å². The van der Waals surface area contributed by atoms with Crippen molar-refractivity contribution in [3.8, 4) is 0 Å². The third kappa shape index (κ3) is 2.08. The summed E-state index contributed by atoms with van der Waals surface area (Å²) in [5.41, 5.74) is 10.5. The lowest BCUT2D eigenvalue weighted by molar-refractivity contribution is 0.242. The van der Waals surface area contributed by atoms with Crippen molar-refractivity contribution < 1.29 is 4.79 Å². The lowest BCUT2D eigenvalue weighted by atomic mass is 10.0. The number of nitrogens with one attached hydrogen (secondary N) is 1. The van der Waals surface area contributed by atoms with Gasteiger partial charge in [0.2, 0.25) is 0 Å². The van der Waals surface area contributed by atoms with E-state index < -0.39 is 6.03 Å². The Hall–Kier alpha value is -0.770. The van der Waals surface area contributed by atoms with Gasteiger partial charge in [-0.1, -0.05) is 6.42 Å². The van der Waals surface area contributed by atoms with Gasteiger partial charge in [0.25, 0.3) is 0 Å². The average Bonchev–Trinajstić information content (AvgIpc) is 2.34. The molecule has 5 N–H and O–H groups in total. The minimum Gasteiger partial charge on any atom is -0.352 e. The molecule has 1 fully saturated rings. The van der Waals surface area contributed by atoms with Gasteiger partial charge in [0.1, 0.15) is 0 Å². The van der Waals surface area contributed by atoms with Crippen LogP contribution in [0.5, 0.6) is 0 Å². The normalized spacial score (nSPS) is 30.3. The SMILES string of the molecule is NC[C@@H]1CCC[C@@H]1NC(N)=O. The second-order valence-electron chi connectivity index (χ2n) is 3.04. The van der Waals surface area contributed by atoms with Gasteiger partial charge in [-0.2, -0.15) is 0 Å². The first-order valence-corrected chi connectivity index (χ1v) is 4.00. The van der Waals surface area contributed by atoms with Gasteiger partial charge < -0.3 is 16.8 Å². The van der Waals surface area contributed by atoms with Gasteiger partial charge in [0.15, 0.2) is 0 Å². The standard InChI is InChI=1S/C7H15N3O/c8-4-5-2-1-3-6(5)10-7(9)11/h5-6H,1-4,8H2,(H3,9,10,11)/t5-,6-/m0/s1. The highest BCUT2D eigenvalue weighted by molar-refractivity contribution is 5.72. The predicted molar refractivity (Wildman–Crippen MR) is 42.9 cm³/mol. The first-order valence-electron chi connectivity index (χ1n) is 4.00. The van der Waals surface area contributed by atoms with Crippen molar-refractivity contribution in [3.05, 3.63) is 0 Å². The summed E-state index contributed by atoms with van der Waals surface area (Å²) in [7, 11) is 0. The number of rotatable bonds is 2. The summed E-state index contributed by atoms with van der Waals surface area (Å²) in [6.45, 7) is 0.644. The summed E-state index contributed by atoms with van der Waals surface area (Å²) in [4.78, 5) is 10.5. The number of hydrogen-bond donors (Lipinski definition) is 3. The van der Waals surface area contributed by atoms with Crippen molar-refractivity contribution in [2.75, 3.05) is 6.54 Å². The van der Waals surface area contributed by atoms with E-state index in [1.54, 1.807) is 0 Å². The van der Waals surface area contributed by atoms with Gasteiger partial charge in [0, 0.05) is 6.04 Å². The Morgan fingerprint density at radius 3 is 2.82 bits per heavy atom. The first kappa shape index (κ1) is 8.33. The second kappa shape index (κ2) is 3.57. The molecule has 0 aromatic carbocycles. The summed E-state index contributed by atoms with van der Waals surface area (Å²) >= 11 is 0. The van der Waals surface area contributed by atoms with E-state index in [1.165, 1.54) is 0 Å². The largest absolute Gasteiger partial charge is 0.352 e. The molecule has 4 nitrogen and oxygen atoms in total.